The molecule has 0 aromatic rings. The number of rotatable bonds is 5. The highest BCUT2D eigenvalue weighted by atomic mass is 16.3. The molecule has 2 heteroatoms. The van der Waals surface area contributed by atoms with Crippen molar-refractivity contribution in [3.63, 3.8) is 0 Å². The fourth-order valence-corrected chi connectivity index (χ4v) is 3.48. The van der Waals surface area contributed by atoms with Crippen LogP contribution in [0.1, 0.15) is 72.1 Å². The van der Waals surface area contributed by atoms with Crippen LogP contribution in [0.4, 0.5) is 0 Å². The molecule has 1 rings (SSSR count). The van der Waals surface area contributed by atoms with Crippen LogP contribution in [0.5, 0.6) is 0 Å². The van der Waals surface area contributed by atoms with E-state index in [-0.39, 0.29) is 0 Å². The van der Waals surface area contributed by atoms with E-state index in [1.165, 1.54) is 12.8 Å². The predicted molar refractivity (Wildman–Crippen MR) is 70.4 cm³/mol. The molecular weight excluding hydrogens is 210 g/mol. The van der Waals surface area contributed by atoms with Crippen molar-refractivity contribution in [2.45, 2.75) is 77.7 Å². The van der Waals surface area contributed by atoms with E-state index < -0.39 is 11.0 Å². The van der Waals surface area contributed by atoms with Gasteiger partial charge in [-0.05, 0) is 44.4 Å². The van der Waals surface area contributed by atoms with E-state index in [4.69, 9.17) is 0 Å². The molecule has 0 atom stereocenters. The Labute approximate surface area is 106 Å². The molecule has 1 aliphatic carbocycles. The molecule has 0 radical (unpaired) electrons. The molecule has 0 bridgehead atoms. The van der Waals surface area contributed by atoms with Crippen molar-refractivity contribution >= 4 is 0 Å². The maximum atomic E-state index is 10.7. The van der Waals surface area contributed by atoms with Crippen LogP contribution in [0.2, 0.25) is 0 Å². The fraction of sp³-hybridized carbons (Fsp3) is 0.933. The third-order valence-electron chi connectivity index (χ3n) is 4.93. The summed E-state index contributed by atoms with van der Waals surface area (Å²) >= 11 is 0. The van der Waals surface area contributed by atoms with Gasteiger partial charge < -0.3 is 5.11 Å². The van der Waals surface area contributed by atoms with E-state index >= 15 is 0 Å². The minimum absolute atomic E-state index is 0.485. The van der Waals surface area contributed by atoms with Crippen LogP contribution in [-0.2, 0) is 0 Å². The monoisotopic (exact) mass is 237 g/mol. The molecule has 1 aliphatic rings. The van der Waals surface area contributed by atoms with Gasteiger partial charge in [0.25, 0.3) is 0 Å². The summed E-state index contributed by atoms with van der Waals surface area (Å²) < 4.78 is 0. The molecule has 0 unspecified atom stereocenters. The summed E-state index contributed by atoms with van der Waals surface area (Å²) in [4.78, 5) is 0. The number of aliphatic hydroxyl groups is 1. The van der Waals surface area contributed by atoms with E-state index in [2.05, 4.69) is 13.0 Å². The van der Waals surface area contributed by atoms with Crippen LogP contribution < -0.4 is 0 Å². The average Bonchev–Trinajstić information content (AvgIpc) is 2.39. The Morgan fingerprint density at radius 1 is 1.24 bits per heavy atom. The van der Waals surface area contributed by atoms with Gasteiger partial charge in [-0.3, -0.25) is 0 Å². The predicted octanol–water partition coefficient (Wildman–Crippen LogP) is 4.04. The Kier molecular flexibility index (Phi) is 5.01. The number of hydrogen-bond acceptors (Lipinski definition) is 2. The summed E-state index contributed by atoms with van der Waals surface area (Å²) in [5, 5.41) is 20.2. The SMILES string of the molecule is CCCC1CCC(C#N)(C(O)(CC)CC)CC1. The van der Waals surface area contributed by atoms with Crippen molar-refractivity contribution in [3.05, 3.63) is 0 Å². The molecule has 0 aromatic heterocycles. The van der Waals surface area contributed by atoms with Gasteiger partial charge in [0.2, 0.25) is 0 Å². The Balaban J connectivity index is 2.77. The Morgan fingerprint density at radius 2 is 1.76 bits per heavy atom. The second-order valence-electron chi connectivity index (χ2n) is 5.66. The first-order valence-corrected chi connectivity index (χ1v) is 7.21. The van der Waals surface area contributed by atoms with Crippen LogP contribution >= 0.6 is 0 Å². The minimum atomic E-state index is -0.779. The van der Waals surface area contributed by atoms with Gasteiger partial charge in [-0.25, -0.2) is 0 Å². The van der Waals surface area contributed by atoms with Gasteiger partial charge >= 0.3 is 0 Å². The molecule has 1 fully saturated rings. The highest BCUT2D eigenvalue weighted by Gasteiger charge is 2.49. The van der Waals surface area contributed by atoms with Gasteiger partial charge in [0.1, 0.15) is 0 Å². The van der Waals surface area contributed by atoms with E-state index in [1.54, 1.807) is 0 Å². The highest BCUT2D eigenvalue weighted by Crippen LogP contribution is 2.49. The van der Waals surface area contributed by atoms with E-state index in [0.29, 0.717) is 12.8 Å². The van der Waals surface area contributed by atoms with Crippen LogP contribution in [0.15, 0.2) is 0 Å². The smallest absolute Gasteiger partial charge is 0.0860 e. The lowest BCUT2D eigenvalue weighted by Gasteiger charge is -2.46. The quantitative estimate of drug-likeness (QED) is 0.784. The molecular formula is C15H27NO. The van der Waals surface area contributed by atoms with Crippen LogP contribution in [0, 0.1) is 22.7 Å². The largest absolute Gasteiger partial charge is 0.388 e. The van der Waals surface area contributed by atoms with E-state index in [1.807, 2.05) is 13.8 Å². The van der Waals surface area contributed by atoms with Crippen molar-refractivity contribution in [2.24, 2.45) is 11.3 Å². The standard InChI is InChI=1S/C15H27NO/c1-4-7-13-8-10-14(12-16,11-9-13)15(17,5-2)6-3/h13,17H,4-11H2,1-3H3. The maximum Gasteiger partial charge on any atom is 0.0860 e. The molecule has 98 valence electrons. The third kappa shape index (κ3) is 2.65. The normalized spacial score (nSPS) is 29.9. The zero-order chi connectivity index (χ0) is 12.9. The van der Waals surface area contributed by atoms with Gasteiger partial charge in [0.05, 0.1) is 17.1 Å². The molecule has 0 amide bonds. The Hall–Kier alpha value is -0.550. The lowest BCUT2D eigenvalue weighted by molar-refractivity contribution is -0.0839. The number of hydrogen-bond donors (Lipinski definition) is 1. The summed E-state index contributed by atoms with van der Waals surface area (Å²) in [6, 6.07) is 2.47. The summed E-state index contributed by atoms with van der Waals surface area (Å²) in [6.07, 6.45) is 7.88. The van der Waals surface area contributed by atoms with Crippen molar-refractivity contribution in [2.75, 3.05) is 0 Å². The first-order chi connectivity index (χ1) is 8.07. The summed E-state index contributed by atoms with van der Waals surface area (Å²) in [7, 11) is 0. The minimum Gasteiger partial charge on any atom is -0.388 e. The first kappa shape index (κ1) is 14.5. The van der Waals surface area contributed by atoms with Crippen molar-refractivity contribution < 1.29 is 5.11 Å². The summed E-state index contributed by atoms with van der Waals surface area (Å²) in [5.74, 6) is 0.777. The topological polar surface area (TPSA) is 44.0 Å². The van der Waals surface area contributed by atoms with Crippen LogP contribution in [0.3, 0.4) is 0 Å². The second kappa shape index (κ2) is 5.87. The summed E-state index contributed by atoms with van der Waals surface area (Å²) in [6.45, 7) is 6.22. The zero-order valence-electron chi connectivity index (χ0n) is 11.6. The third-order valence-corrected chi connectivity index (χ3v) is 4.93. The molecule has 0 saturated heterocycles. The highest BCUT2D eigenvalue weighted by molar-refractivity contribution is 5.12. The second-order valence-corrected chi connectivity index (χ2v) is 5.66. The van der Waals surface area contributed by atoms with Gasteiger partial charge in [-0.15, -0.1) is 0 Å². The van der Waals surface area contributed by atoms with E-state index in [0.717, 1.165) is 31.6 Å². The average molecular weight is 237 g/mol. The van der Waals surface area contributed by atoms with Gasteiger partial charge in [-0.2, -0.15) is 5.26 Å². The molecule has 17 heavy (non-hydrogen) atoms. The molecule has 1 saturated carbocycles. The fourth-order valence-electron chi connectivity index (χ4n) is 3.48. The van der Waals surface area contributed by atoms with Crippen LogP contribution in [0.25, 0.3) is 0 Å². The molecule has 0 aromatic carbocycles. The molecule has 1 N–H and O–H groups in total. The van der Waals surface area contributed by atoms with Gasteiger partial charge in [-0.1, -0.05) is 33.6 Å². The molecule has 2 nitrogen and oxygen atoms in total. The lowest BCUT2D eigenvalue weighted by atomic mass is 9.60. The van der Waals surface area contributed by atoms with Crippen LogP contribution in [-0.4, -0.2) is 10.7 Å². The Morgan fingerprint density at radius 3 is 2.12 bits per heavy atom. The van der Waals surface area contributed by atoms with Crippen molar-refractivity contribution in [3.8, 4) is 6.07 Å². The maximum absolute atomic E-state index is 10.7. The van der Waals surface area contributed by atoms with E-state index in [9.17, 15) is 10.4 Å². The first-order valence-electron chi connectivity index (χ1n) is 7.21. The van der Waals surface area contributed by atoms with Crippen molar-refractivity contribution in [1.82, 2.24) is 0 Å². The Bertz CT molecular complexity index is 267. The lowest BCUT2D eigenvalue weighted by Crippen LogP contribution is -2.48. The molecule has 0 aliphatic heterocycles. The zero-order valence-corrected chi connectivity index (χ0v) is 11.6. The molecule has 0 spiro atoms. The number of nitriles is 1. The molecule has 0 heterocycles. The number of nitrogens with zero attached hydrogens (tertiary/aromatic N) is 1. The van der Waals surface area contributed by atoms with Gasteiger partial charge in [0, 0.05) is 0 Å². The van der Waals surface area contributed by atoms with Gasteiger partial charge in [0.15, 0.2) is 0 Å². The van der Waals surface area contributed by atoms with Crippen molar-refractivity contribution in [1.29, 1.82) is 5.26 Å². The summed E-state index contributed by atoms with van der Waals surface area (Å²) in [5.41, 5.74) is -1.26.